The summed E-state index contributed by atoms with van der Waals surface area (Å²) >= 11 is 1.50. The molecule has 0 fully saturated rings. The van der Waals surface area contributed by atoms with Gasteiger partial charge in [-0.2, -0.15) is 0 Å². The highest BCUT2D eigenvalue weighted by Crippen LogP contribution is 2.34. The summed E-state index contributed by atoms with van der Waals surface area (Å²) in [5.74, 6) is 0.401. The zero-order valence-electron chi connectivity index (χ0n) is 14.9. The van der Waals surface area contributed by atoms with Gasteiger partial charge in [0.1, 0.15) is 4.88 Å². The van der Waals surface area contributed by atoms with Crippen molar-refractivity contribution >= 4 is 28.9 Å². The van der Waals surface area contributed by atoms with Crippen molar-refractivity contribution in [2.24, 2.45) is 0 Å². The van der Waals surface area contributed by atoms with E-state index in [1.807, 2.05) is 6.07 Å². The Morgan fingerprint density at radius 2 is 1.85 bits per heavy atom. The third-order valence-electron chi connectivity index (χ3n) is 4.69. The molecule has 0 atom stereocenters. The molecule has 2 aromatic rings. The van der Waals surface area contributed by atoms with Crippen LogP contribution in [0.1, 0.15) is 45.8 Å². The second-order valence-corrected chi connectivity index (χ2v) is 7.80. The molecule has 2 aliphatic rings. The molecule has 1 aromatic carbocycles. The largest absolute Gasteiger partial charge is 0.454 e. The van der Waals surface area contributed by atoms with E-state index >= 15 is 0 Å². The van der Waals surface area contributed by atoms with Crippen LogP contribution in [0.4, 0.5) is 5.69 Å². The van der Waals surface area contributed by atoms with Gasteiger partial charge in [0.05, 0.1) is 0 Å². The summed E-state index contributed by atoms with van der Waals surface area (Å²) in [6, 6.07) is 7.06. The minimum Gasteiger partial charge on any atom is -0.454 e. The van der Waals surface area contributed by atoms with E-state index in [0.717, 1.165) is 19.3 Å². The van der Waals surface area contributed by atoms with Crippen molar-refractivity contribution in [1.82, 2.24) is 0 Å². The van der Waals surface area contributed by atoms with Crippen LogP contribution in [0.3, 0.4) is 0 Å². The summed E-state index contributed by atoms with van der Waals surface area (Å²) in [6.07, 6.45) is 6.87. The molecule has 2 heterocycles. The molecule has 1 N–H and O–H groups in total. The fraction of sp³-hybridized carbons (Fsp3) is 0.400. The Hall–Kier alpha value is -2.54. The van der Waals surface area contributed by atoms with Crippen LogP contribution < -0.4 is 14.8 Å². The molecule has 0 saturated heterocycles. The van der Waals surface area contributed by atoms with Gasteiger partial charge in [-0.15, -0.1) is 11.3 Å². The van der Waals surface area contributed by atoms with Crippen LogP contribution in [0.2, 0.25) is 0 Å². The molecule has 0 spiro atoms. The number of nitrogens with one attached hydrogen (secondary N) is 1. The lowest BCUT2D eigenvalue weighted by atomic mass is 10.00. The van der Waals surface area contributed by atoms with Crippen molar-refractivity contribution in [1.29, 1.82) is 0 Å². The maximum absolute atomic E-state index is 12.3. The predicted molar refractivity (Wildman–Crippen MR) is 102 cm³/mol. The first-order valence-corrected chi connectivity index (χ1v) is 9.99. The summed E-state index contributed by atoms with van der Waals surface area (Å²) in [7, 11) is 0. The number of thiophene rings is 1. The van der Waals surface area contributed by atoms with E-state index in [-0.39, 0.29) is 13.4 Å². The maximum atomic E-state index is 12.3. The normalized spacial score (nSPS) is 15.4. The summed E-state index contributed by atoms with van der Waals surface area (Å²) in [6.45, 7) is -0.148. The first kappa shape index (κ1) is 17.9. The Labute approximate surface area is 161 Å². The van der Waals surface area contributed by atoms with Crippen LogP contribution in [-0.4, -0.2) is 25.3 Å². The molecule has 6 nitrogen and oxygen atoms in total. The number of ether oxygens (including phenoxy) is 3. The van der Waals surface area contributed by atoms with Gasteiger partial charge in [0, 0.05) is 16.6 Å². The van der Waals surface area contributed by atoms with E-state index in [1.165, 1.54) is 41.0 Å². The van der Waals surface area contributed by atoms with Gasteiger partial charge in [0.2, 0.25) is 6.79 Å². The number of fused-ring (bicyclic) bond motifs is 2. The number of carbonyl (C=O) groups is 2. The van der Waals surface area contributed by atoms with E-state index in [1.54, 1.807) is 18.2 Å². The van der Waals surface area contributed by atoms with E-state index in [2.05, 4.69) is 5.32 Å². The number of anilines is 1. The molecule has 0 radical (unpaired) electrons. The molecule has 7 heteroatoms. The molecule has 0 saturated carbocycles. The number of esters is 1. The summed E-state index contributed by atoms with van der Waals surface area (Å²) in [4.78, 5) is 26.3. The van der Waals surface area contributed by atoms with Gasteiger partial charge in [0.15, 0.2) is 18.1 Å². The second kappa shape index (κ2) is 8.00. The van der Waals surface area contributed by atoms with E-state index in [9.17, 15) is 9.59 Å². The van der Waals surface area contributed by atoms with Crippen LogP contribution in [0.5, 0.6) is 11.5 Å². The van der Waals surface area contributed by atoms with E-state index < -0.39 is 11.9 Å². The summed E-state index contributed by atoms with van der Waals surface area (Å²) in [5.41, 5.74) is 1.83. The fourth-order valence-corrected chi connectivity index (χ4v) is 4.47. The lowest BCUT2D eigenvalue weighted by molar-refractivity contribution is -0.119. The van der Waals surface area contributed by atoms with Crippen LogP contribution in [-0.2, 0) is 22.4 Å². The van der Waals surface area contributed by atoms with E-state index in [0.29, 0.717) is 22.1 Å². The quantitative estimate of drug-likeness (QED) is 0.805. The highest BCUT2D eigenvalue weighted by molar-refractivity contribution is 7.14. The van der Waals surface area contributed by atoms with Crippen molar-refractivity contribution in [3.63, 3.8) is 0 Å². The highest BCUT2D eigenvalue weighted by Gasteiger charge is 2.18. The molecule has 27 heavy (non-hydrogen) atoms. The summed E-state index contributed by atoms with van der Waals surface area (Å²) < 4.78 is 15.7. The van der Waals surface area contributed by atoms with Crippen LogP contribution in [0, 0.1) is 0 Å². The van der Waals surface area contributed by atoms with Crippen LogP contribution in [0.25, 0.3) is 0 Å². The summed E-state index contributed by atoms with van der Waals surface area (Å²) in [5, 5.41) is 2.70. The first-order valence-electron chi connectivity index (χ1n) is 9.17. The van der Waals surface area contributed by atoms with Gasteiger partial charge in [-0.3, -0.25) is 4.79 Å². The number of hydrogen-bond acceptors (Lipinski definition) is 6. The molecule has 0 unspecified atom stereocenters. The standard InChI is InChI=1S/C20H21NO5S/c22-19(21-14-7-8-15-16(10-14)26-12-25-15)11-24-20(23)18-9-13-5-3-1-2-4-6-17(13)27-18/h7-10H,1-6,11-12H2,(H,21,22). The number of rotatable bonds is 4. The van der Waals surface area contributed by atoms with Crippen molar-refractivity contribution < 1.29 is 23.8 Å². The van der Waals surface area contributed by atoms with Crippen molar-refractivity contribution in [2.45, 2.75) is 38.5 Å². The number of hydrogen-bond donors (Lipinski definition) is 1. The molecule has 0 bridgehead atoms. The SMILES string of the molecule is O=C(COC(=O)c1cc2c(s1)CCCCCC2)Nc1ccc2c(c1)OCO2. The zero-order valence-corrected chi connectivity index (χ0v) is 15.7. The van der Waals surface area contributed by atoms with Gasteiger partial charge in [0.25, 0.3) is 5.91 Å². The molecule has 142 valence electrons. The molecule has 1 aromatic heterocycles. The second-order valence-electron chi connectivity index (χ2n) is 6.67. The molecule has 4 rings (SSSR count). The smallest absolute Gasteiger partial charge is 0.348 e. The predicted octanol–water partition coefficient (Wildman–Crippen LogP) is 3.93. The monoisotopic (exact) mass is 387 g/mol. The van der Waals surface area contributed by atoms with Crippen LogP contribution in [0.15, 0.2) is 24.3 Å². The van der Waals surface area contributed by atoms with Crippen LogP contribution >= 0.6 is 11.3 Å². The maximum Gasteiger partial charge on any atom is 0.348 e. The molecule has 1 aliphatic carbocycles. The first-order chi connectivity index (χ1) is 13.2. The number of carbonyl (C=O) groups excluding carboxylic acids is 2. The average Bonchev–Trinajstić information content (AvgIpc) is 3.26. The Morgan fingerprint density at radius 1 is 1.04 bits per heavy atom. The van der Waals surface area contributed by atoms with Gasteiger partial charge in [-0.25, -0.2) is 4.79 Å². The lowest BCUT2D eigenvalue weighted by Gasteiger charge is -2.07. The minimum atomic E-state index is -0.437. The van der Waals surface area contributed by atoms with Gasteiger partial charge >= 0.3 is 5.97 Å². The molecule has 1 amide bonds. The Kier molecular flexibility index (Phi) is 5.29. The van der Waals surface area contributed by atoms with Crippen molar-refractivity contribution in [3.05, 3.63) is 39.6 Å². The molecular weight excluding hydrogens is 366 g/mol. The Balaban J connectivity index is 1.32. The van der Waals surface area contributed by atoms with Gasteiger partial charge in [-0.05, 0) is 49.4 Å². The third-order valence-corrected chi connectivity index (χ3v) is 5.91. The fourth-order valence-electron chi connectivity index (χ4n) is 3.32. The number of benzene rings is 1. The lowest BCUT2D eigenvalue weighted by Crippen LogP contribution is -2.20. The number of aryl methyl sites for hydroxylation is 2. The van der Waals surface area contributed by atoms with Crippen molar-refractivity contribution in [2.75, 3.05) is 18.7 Å². The Morgan fingerprint density at radius 3 is 2.74 bits per heavy atom. The van der Waals surface area contributed by atoms with Gasteiger partial charge in [-0.1, -0.05) is 12.8 Å². The topological polar surface area (TPSA) is 73.9 Å². The Bertz CT molecular complexity index is 835. The molecule has 1 aliphatic heterocycles. The molecular formula is C20H21NO5S. The highest BCUT2D eigenvalue weighted by atomic mass is 32.1. The van der Waals surface area contributed by atoms with Crippen molar-refractivity contribution in [3.8, 4) is 11.5 Å². The minimum absolute atomic E-state index is 0.176. The third kappa shape index (κ3) is 4.24. The zero-order chi connectivity index (χ0) is 18.6. The van der Waals surface area contributed by atoms with E-state index in [4.69, 9.17) is 14.2 Å². The van der Waals surface area contributed by atoms with Gasteiger partial charge < -0.3 is 19.5 Å². The average molecular weight is 387 g/mol. The number of amides is 1.